The lowest BCUT2D eigenvalue weighted by atomic mass is 9.90. The van der Waals surface area contributed by atoms with E-state index < -0.39 is 18.0 Å². The van der Waals surface area contributed by atoms with Crippen LogP contribution in [0.5, 0.6) is 0 Å². The van der Waals surface area contributed by atoms with Crippen LogP contribution in [0, 0.1) is 11.8 Å². The van der Waals surface area contributed by atoms with E-state index in [0.29, 0.717) is 25.1 Å². The molecule has 2 unspecified atom stereocenters. The topological polar surface area (TPSA) is 148 Å². The molecule has 27 heavy (non-hydrogen) atoms. The van der Waals surface area contributed by atoms with Crippen LogP contribution in [0.15, 0.2) is 24.3 Å². The zero-order chi connectivity index (χ0) is 20.4. The molecular formula is C19H30N4O4. The quantitative estimate of drug-likeness (QED) is 0.366. The van der Waals surface area contributed by atoms with Crippen LogP contribution >= 0.6 is 0 Å². The van der Waals surface area contributed by atoms with Crippen LogP contribution in [-0.2, 0) is 16.2 Å². The lowest BCUT2D eigenvalue weighted by Gasteiger charge is -2.20. The second-order valence-corrected chi connectivity index (χ2v) is 6.91. The number of ketones is 1. The van der Waals surface area contributed by atoms with Crippen molar-refractivity contribution in [3.05, 3.63) is 29.8 Å². The van der Waals surface area contributed by atoms with E-state index in [9.17, 15) is 14.4 Å². The monoisotopic (exact) mass is 378 g/mol. The second kappa shape index (κ2) is 11.3. The van der Waals surface area contributed by atoms with Gasteiger partial charge in [-0.15, -0.1) is 0 Å². The zero-order valence-electron chi connectivity index (χ0n) is 15.9. The summed E-state index contributed by atoms with van der Waals surface area (Å²) in [5.41, 5.74) is 12.3. The first-order chi connectivity index (χ1) is 12.7. The van der Waals surface area contributed by atoms with Crippen LogP contribution in [0.25, 0.3) is 0 Å². The standard InChI is InChI=1S/C19H30N4O4/c1-12(2)17(20)16(25)10-14(4-3-9-22-19(21)27)18(26)23-15-7-5-13(11-24)6-8-15/h5-8,12,14,17,24H,3-4,9-11,20H2,1-2H3,(H,23,26)(H3,21,22,27). The van der Waals surface area contributed by atoms with Gasteiger partial charge < -0.3 is 27.2 Å². The molecule has 2 atom stereocenters. The Morgan fingerprint density at radius 1 is 1.15 bits per heavy atom. The van der Waals surface area contributed by atoms with E-state index in [1.54, 1.807) is 24.3 Å². The molecule has 1 aromatic rings. The molecule has 8 heteroatoms. The van der Waals surface area contributed by atoms with E-state index in [-0.39, 0.29) is 30.6 Å². The molecule has 0 saturated carbocycles. The Kier molecular flexibility index (Phi) is 9.46. The molecule has 0 aliphatic rings. The summed E-state index contributed by atoms with van der Waals surface area (Å²) in [4.78, 5) is 35.8. The molecule has 1 aromatic carbocycles. The number of urea groups is 1. The number of Topliss-reactive ketones (excluding diaryl/α,β-unsaturated/α-hetero) is 1. The third-order valence-electron chi connectivity index (χ3n) is 4.34. The Bertz CT molecular complexity index is 631. The second-order valence-electron chi connectivity index (χ2n) is 6.91. The Morgan fingerprint density at radius 2 is 1.78 bits per heavy atom. The van der Waals surface area contributed by atoms with Gasteiger partial charge >= 0.3 is 6.03 Å². The van der Waals surface area contributed by atoms with Crippen molar-refractivity contribution in [2.75, 3.05) is 11.9 Å². The molecule has 0 aliphatic heterocycles. The van der Waals surface area contributed by atoms with Crippen molar-refractivity contribution >= 4 is 23.4 Å². The summed E-state index contributed by atoms with van der Waals surface area (Å²) in [6.07, 6.45) is 0.961. The molecule has 0 heterocycles. The third-order valence-corrected chi connectivity index (χ3v) is 4.34. The van der Waals surface area contributed by atoms with Crippen LogP contribution < -0.4 is 22.1 Å². The number of anilines is 1. The highest BCUT2D eigenvalue weighted by Crippen LogP contribution is 2.18. The molecule has 0 radical (unpaired) electrons. The zero-order valence-corrected chi connectivity index (χ0v) is 15.9. The van der Waals surface area contributed by atoms with Crippen LogP contribution in [-0.4, -0.2) is 35.4 Å². The molecule has 0 bridgehead atoms. The highest BCUT2D eigenvalue weighted by Gasteiger charge is 2.26. The number of nitrogens with one attached hydrogen (secondary N) is 2. The highest BCUT2D eigenvalue weighted by molar-refractivity contribution is 5.96. The summed E-state index contributed by atoms with van der Waals surface area (Å²) < 4.78 is 0. The van der Waals surface area contributed by atoms with Gasteiger partial charge in [-0.25, -0.2) is 4.79 Å². The molecule has 3 amide bonds. The fourth-order valence-electron chi connectivity index (χ4n) is 2.57. The minimum atomic E-state index is -0.627. The third kappa shape index (κ3) is 8.19. The van der Waals surface area contributed by atoms with Gasteiger partial charge in [0.25, 0.3) is 0 Å². The smallest absolute Gasteiger partial charge is 0.312 e. The Morgan fingerprint density at radius 3 is 2.30 bits per heavy atom. The molecule has 0 fully saturated rings. The van der Waals surface area contributed by atoms with Gasteiger partial charge in [-0.05, 0) is 36.5 Å². The SMILES string of the molecule is CC(C)C(N)C(=O)CC(CCCNC(N)=O)C(=O)Nc1ccc(CO)cc1. The Hall–Kier alpha value is -2.45. The largest absolute Gasteiger partial charge is 0.392 e. The average Bonchev–Trinajstić information content (AvgIpc) is 2.63. The summed E-state index contributed by atoms with van der Waals surface area (Å²) in [5, 5.41) is 14.3. The number of aliphatic hydroxyl groups excluding tert-OH is 1. The molecule has 7 N–H and O–H groups in total. The summed E-state index contributed by atoms with van der Waals surface area (Å²) in [7, 11) is 0. The molecule has 0 aromatic heterocycles. The fraction of sp³-hybridized carbons (Fsp3) is 0.526. The van der Waals surface area contributed by atoms with Gasteiger partial charge in [0.05, 0.1) is 12.6 Å². The van der Waals surface area contributed by atoms with E-state index in [0.717, 1.165) is 5.56 Å². The molecular weight excluding hydrogens is 348 g/mol. The van der Waals surface area contributed by atoms with Crippen molar-refractivity contribution < 1.29 is 19.5 Å². The van der Waals surface area contributed by atoms with Crippen LogP contribution in [0.4, 0.5) is 10.5 Å². The average molecular weight is 378 g/mol. The lowest BCUT2D eigenvalue weighted by molar-refractivity contribution is -0.127. The number of amides is 3. The minimum absolute atomic E-state index is 0.0104. The number of aliphatic hydroxyl groups is 1. The number of primary amides is 1. The van der Waals surface area contributed by atoms with Crippen molar-refractivity contribution in [3.63, 3.8) is 0 Å². The van der Waals surface area contributed by atoms with E-state index in [1.165, 1.54) is 0 Å². The Labute approximate surface area is 159 Å². The van der Waals surface area contributed by atoms with Crippen LogP contribution in [0.3, 0.4) is 0 Å². The van der Waals surface area contributed by atoms with Gasteiger partial charge in [0.1, 0.15) is 0 Å². The first-order valence-corrected chi connectivity index (χ1v) is 9.06. The van der Waals surface area contributed by atoms with Crippen molar-refractivity contribution in [1.29, 1.82) is 0 Å². The van der Waals surface area contributed by atoms with Crippen molar-refractivity contribution in [3.8, 4) is 0 Å². The van der Waals surface area contributed by atoms with Crippen LogP contribution in [0.1, 0.15) is 38.7 Å². The number of nitrogens with two attached hydrogens (primary N) is 2. The summed E-state index contributed by atoms with van der Waals surface area (Å²) in [6, 6.07) is 5.56. The van der Waals surface area contributed by atoms with Gasteiger partial charge in [-0.2, -0.15) is 0 Å². The molecule has 8 nitrogen and oxygen atoms in total. The van der Waals surface area contributed by atoms with Gasteiger partial charge in [-0.1, -0.05) is 26.0 Å². The first kappa shape index (κ1) is 22.6. The first-order valence-electron chi connectivity index (χ1n) is 9.06. The summed E-state index contributed by atoms with van der Waals surface area (Å²) in [5.74, 6) is -1.02. The van der Waals surface area contributed by atoms with E-state index in [1.807, 2.05) is 13.8 Å². The molecule has 150 valence electrons. The maximum Gasteiger partial charge on any atom is 0.312 e. The fourth-order valence-corrected chi connectivity index (χ4v) is 2.57. The van der Waals surface area contributed by atoms with Gasteiger partial charge in [-0.3, -0.25) is 9.59 Å². The number of hydrogen-bond acceptors (Lipinski definition) is 5. The predicted octanol–water partition coefficient (Wildman–Crippen LogP) is 1.12. The number of rotatable bonds is 11. The van der Waals surface area contributed by atoms with Gasteiger partial charge in [0.15, 0.2) is 5.78 Å². The van der Waals surface area contributed by atoms with E-state index in [2.05, 4.69) is 10.6 Å². The van der Waals surface area contributed by atoms with Crippen molar-refractivity contribution in [1.82, 2.24) is 5.32 Å². The van der Waals surface area contributed by atoms with Crippen LogP contribution in [0.2, 0.25) is 0 Å². The van der Waals surface area contributed by atoms with Gasteiger partial charge in [0.2, 0.25) is 5.91 Å². The van der Waals surface area contributed by atoms with Crippen molar-refractivity contribution in [2.24, 2.45) is 23.3 Å². The maximum atomic E-state index is 12.7. The van der Waals surface area contributed by atoms with Crippen molar-refractivity contribution in [2.45, 2.75) is 45.8 Å². The summed E-state index contributed by atoms with van der Waals surface area (Å²) in [6.45, 7) is 3.97. The number of carbonyl (C=O) groups is 3. The minimum Gasteiger partial charge on any atom is -0.392 e. The number of hydrogen-bond donors (Lipinski definition) is 5. The number of carbonyl (C=O) groups excluding carboxylic acids is 3. The highest BCUT2D eigenvalue weighted by atomic mass is 16.3. The molecule has 1 rings (SSSR count). The maximum absolute atomic E-state index is 12.7. The predicted molar refractivity (Wildman–Crippen MR) is 104 cm³/mol. The van der Waals surface area contributed by atoms with E-state index in [4.69, 9.17) is 16.6 Å². The molecule has 0 saturated heterocycles. The summed E-state index contributed by atoms with van der Waals surface area (Å²) >= 11 is 0. The molecule has 0 spiro atoms. The Balaban J connectivity index is 2.75. The normalized spacial score (nSPS) is 13.1. The van der Waals surface area contributed by atoms with E-state index >= 15 is 0 Å². The van der Waals surface area contributed by atoms with Gasteiger partial charge in [0, 0.05) is 24.6 Å². The number of benzene rings is 1. The molecule has 0 aliphatic carbocycles. The lowest BCUT2D eigenvalue weighted by Crippen LogP contribution is -2.38.